The van der Waals surface area contributed by atoms with Gasteiger partial charge < -0.3 is 0 Å². The van der Waals surface area contributed by atoms with E-state index < -0.39 is 5.60 Å². The fourth-order valence-electron chi connectivity index (χ4n) is 2.32. The first-order valence-electron chi connectivity index (χ1n) is 6.87. The molecule has 1 N–H and O–H groups in total. The molecule has 0 amide bonds. The largest absolute Gasteiger partial charge is 0.251 e. The summed E-state index contributed by atoms with van der Waals surface area (Å²) < 4.78 is 0. The van der Waals surface area contributed by atoms with E-state index in [1.807, 2.05) is 49.4 Å². The van der Waals surface area contributed by atoms with Crippen molar-refractivity contribution in [2.45, 2.75) is 38.7 Å². The lowest BCUT2D eigenvalue weighted by molar-refractivity contribution is -0.310. The highest BCUT2D eigenvalue weighted by Crippen LogP contribution is 2.33. The van der Waals surface area contributed by atoms with Gasteiger partial charge in [-0.05, 0) is 29.0 Å². The quantitative estimate of drug-likeness (QED) is 0.645. The summed E-state index contributed by atoms with van der Waals surface area (Å²) >= 11 is 0. The normalized spacial score (nSPS) is 14.8. The van der Waals surface area contributed by atoms with E-state index in [2.05, 4.69) is 32.9 Å². The molecule has 0 saturated heterocycles. The van der Waals surface area contributed by atoms with Crippen LogP contribution in [-0.2, 0) is 15.9 Å². The minimum absolute atomic E-state index is 0.113. The van der Waals surface area contributed by atoms with Crippen molar-refractivity contribution < 1.29 is 10.1 Å². The zero-order chi connectivity index (χ0) is 14.8. The Morgan fingerprint density at radius 1 is 0.700 bits per heavy atom. The van der Waals surface area contributed by atoms with Crippen molar-refractivity contribution in [3.63, 3.8) is 0 Å². The summed E-state index contributed by atoms with van der Waals surface area (Å²) in [5.74, 6) is 0. The van der Waals surface area contributed by atoms with Crippen molar-refractivity contribution in [1.29, 1.82) is 0 Å². The molecule has 0 aromatic heterocycles. The van der Waals surface area contributed by atoms with E-state index >= 15 is 0 Å². The van der Waals surface area contributed by atoms with Crippen molar-refractivity contribution in [3.8, 4) is 0 Å². The van der Waals surface area contributed by atoms with E-state index in [-0.39, 0.29) is 5.41 Å². The molecule has 2 aromatic carbocycles. The average Bonchev–Trinajstić information content (AvgIpc) is 2.46. The maximum Gasteiger partial charge on any atom is 0.150 e. The molecule has 1 unspecified atom stereocenters. The Morgan fingerprint density at radius 3 is 1.60 bits per heavy atom. The third kappa shape index (κ3) is 2.77. The van der Waals surface area contributed by atoms with Crippen LogP contribution in [0.25, 0.3) is 0 Å². The van der Waals surface area contributed by atoms with Gasteiger partial charge in [0.25, 0.3) is 0 Å². The van der Waals surface area contributed by atoms with Crippen LogP contribution in [0.4, 0.5) is 0 Å². The predicted molar refractivity (Wildman–Crippen MR) is 81.8 cm³/mol. The maximum absolute atomic E-state index is 9.42. The molecular formula is C18H22O2. The molecule has 0 spiro atoms. The van der Waals surface area contributed by atoms with Crippen molar-refractivity contribution in [3.05, 3.63) is 71.3 Å². The molecule has 0 saturated carbocycles. The lowest BCUT2D eigenvalue weighted by Crippen LogP contribution is -2.26. The SMILES string of the molecule is CC(C)(C)c1ccc(C(C)(OO)c2ccccc2)cc1. The molecule has 0 radical (unpaired) electrons. The van der Waals surface area contributed by atoms with Crippen LogP contribution in [0.2, 0.25) is 0 Å². The molecule has 2 aromatic rings. The summed E-state index contributed by atoms with van der Waals surface area (Å²) in [6, 6.07) is 18.0. The minimum atomic E-state index is -0.850. The van der Waals surface area contributed by atoms with Gasteiger partial charge in [-0.25, -0.2) is 4.89 Å². The van der Waals surface area contributed by atoms with Gasteiger partial charge in [0.05, 0.1) is 0 Å². The highest BCUT2D eigenvalue weighted by atomic mass is 17.1. The molecule has 2 rings (SSSR count). The van der Waals surface area contributed by atoms with Crippen LogP contribution < -0.4 is 0 Å². The third-order valence-corrected chi connectivity index (χ3v) is 3.81. The molecule has 2 heteroatoms. The highest BCUT2D eigenvalue weighted by Gasteiger charge is 2.30. The Hall–Kier alpha value is -1.64. The third-order valence-electron chi connectivity index (χ3n) is 3.81. The first-order valence-corrected chi connectivity index (χ1v) is 6.87. The van der Waals surface area contributed by atoms with Crippen molar-refractivity contribution in [2.24, 2.45) is 0 Å². The van der Waals surface area contributed by atoms with Gasteiger partial charge >= 0.3 is 0 Å². The monoisotopic (exact) mass is 270 g/mol. The second kappa shape index (κ2) is 5.39. The van der Waals surface area contributed by atoms with E-state index in [0.29, 0.717) is 0 Å². The van der Waals surface area contributed by atoms with E-state index in [1.165, 1.54) is 5.56 Å². The van der Waals surface area contributed by atoms with E-state index in [9.17, 15) is 5.26 Å². The summed E-state index contributed by atoms with van der Waals surface area (Å²) in [7, 11) is 0. The number of hydrogen-bond donors (Lipinski definition) is 1. The average molecular weight is 270 g/mol. The summed E-state index contributed by atoms with van der Waals surface area (Å²) in [4.78, 5) is 4.84. The van der Waals surface area contributed by atoms with E-state index in [0.717, 1.165) is 11.1 Å². The summed E-state index contributed by atoms with van der Waals surface area (Å²) in [6.45, 7) is 8.41. The number of hydrogen-bond acceptors (Lipinski definition) is 2. The molecule has 0 aliphatic carbocycles. The molecule has 20 heavy (non-hydrogen) atoms. The molecule has 1 atom stereocenters. The van der Waals surface area contributed by atoms with Gasteiger partial charge in [0.1, 0.15) is 0 Å². The molecule has 2 nitrogen and oxygen atoms in total. The summed E-state index contributed by atoms with van der Waals surface area (Å²) in [5, 5.41) is 9.42. The fourth-order valence-corrected chi connectivity index (χ4v) is 2.32. The predicted octanol–water partition coefficient (Wildman–Crippen LogP) is 4.74. The first kappa shape index (κ1) is 14.8. The van der Waals surface area contributed by atoms with Gasteiger partial charge in [0, 0.05) is 0 Å². The lowest BCUT2D eigenvalue weighted by Gasteiger charge is -2.28. The Labute approximate surface area is 121 Å². The Morgan fingerprint density at radius 2 is 1.15 bits per heavy atom. The zero-order valence-electron chi connectivity index (χ0n) is 12.6. The molecule has 0 heterocycles. The number of rotatable bonds is 3. The zero-order valence-corrected chi connectivity index (χ0v) is 12.6. The summed E-state index contributed by atoms with van der Waals surface area (Å²) in [6.07, 6.45) is 0. The second-order valence-electron chi connectivity index (χ2n) is 6.32. The van der Waals surface area contributed by atoms with Gasteiger partial charge in [-0.1, -0.05) is 75.4 Å². The van der Waals surface area contributed by atoms with Crippen molar-refractivity contribution in [2.75, 3.05) is 0 Å². The van der Waals surface area contributed by atoms with Gasteiger partial charge in [0.15, 0.2) is 5.60 Å². The first-order chi connectivity index (χ1) is 9.38. The molecule has 0 aliphatic rings. The van der Waals surface area contributed by atoms with Crippen LogP contribution >= 0.6 is 0 Å². The minimum Gasteiger partial charge on any atom is -0.251 e. The number of benzene rings is 2. The van der Waals surface area contributed by atoms with Gasteiger partial charge in [0.2, 0.25) is 0 Å². The van der Waals surface area contributed by atoms with Crippen LogP contribution in [0.3, 0.4) is 0 Å². The van der Waals surface area contributed by atoms with E-state index in [4.69, 9.17) is 4.89 Å². The Bertz CT molecular complexity index is 552. The van der Waals surface area contributed by atoms with E-state index in [1.54, 1.807) is 0 Å². The van der Waals surface area contributed by atoms with Gasteiger partial charge in [-0.2, -0.15) is 0 Å². The fraction of sp³-hybridized carbons (Fsp3) is 0.333. The molecule has 0 aliphatic heterocycles. The van der Waals surface area contributed by atoms with Crippen LogP contribution in [0.5, 0.6) is 0 Å². The lowest BCUT2D eigenvalue weighted by atomic mass is 9.83. The maximum atomic E-state index is 9.42. The molecule has 106 valence electrons. The smallest absolute Gasteiger partial charge is 0.150 e. The molecular weight excluding hydrogens is 248 g/mol. The molecule has 0 fully saturated rings. The van der Waals surface area contributed by atoms with Crippen LogP contribution in [0.1, 0.15) is 44.4 Å². The van der Waals surface area contributed by atoms with Crippen LogP contribution in [0, 0.1) is 0 Å². The Balaban J connectivity index is 2.43. The van der Waals surface area contributed by atoms with Crippen molar-refractivity contribution in [1.82, 2.24) is 0 Å². The topological polar surface area (TPSA) is 29.5 Å². The van der Waals surface area contributed by atoms with Crippen LogP contribution in [0.15, 0.2) is 54.6 Å². The van der Waals surface area contributed by atoms with Crippen LogP contribution in [-0.4, -0.2) is 5.26 Å². The van der Waals surface area contributed by atoms with Gasteiger partial charge in [-0.3, -0.25) is 5.26 Å². The Kier molecular flexibility index (Phi) is 3.98. The second-order valence-corrected chi connectivity index (χ2v) is 6.32. The molecule has 0 bridgehead atoms. The van der Waals surface area contributed by atoms with Gasteiger partial charge in [-0.15, -0.1) is 0 Å². The summed E-state index contributed by atoms with van der Waals surface area (Å²) in [5.41, 5.74) is 2.37. The van der Waals surface area contributed by atoms with Crippen molar-refractivity contribution >= 4 is 0 Å². The highest BCUT2D eigenvalue weighted by molar-refractivity contribution is 5.38. The standard InChI is InChI=1S/C18H22O2/c1-17(2,3)14-10-12-16(13-11-14)18(4,20-19)15-8-6-5-7-9-15/h5-13,19H,1-4H3.